The molecule has 1 amide bonds. The Morgan fingerprint density at radius 2 is 1.69 bits per heavy atom. The van der Waals surface area contributed by atoms with Crippen molar-refractivity contribution in [3.05, 3.63) is 65.5 Å². The summed E-state index contributed by atoms with van der Waals surface area (Å²) < 4.78 is 25.6. The summed E-state index contributed by atoms with van der Waals surface area (Å²) in [6.45, 7) is 8.50. The molecule has 5 nitrogen and oxygen atoms in total. The van der Waals surface area contributed by atoms with E-state index in [2.05, 4.69) is 18.7 Å². The van der Waals surface area contributed by atoms with Crippen LogP contribution >= 0.6 is 0 Å². The van der Waals surface area contributed by atoms with E-state index in [1.807, 2.05) is 41.3 Å². The average molecular weight is 481 g/mol. The minimum Gasteiger partial charge on any atom is -0.493 e. The lowest BCUT2D eigenvalue weighted by Gasteiger charge is -2.42. The molecule has 35 heavy (non-hydrogen) atoms. The van der Waals surface area contributed by atoms with E-state index < -0.39 is 5.60 Å². The van der Waals surface area contributed by atoms with E-state index >= 15 is 0 Å². The number of rotatable bonds is 9. The van der Waals surface area contributed by atoms with Gasteiger partial charge in [-0.05, 0) is 66.5 Å². The molecule has 2 aliphatic heterocycles. The van der Waals surface area contributed by atoms with E-state index in [1.165, 1.54) is 31.5 Å². The Kier molecular flexibility index (Phi) is 7.01. The van der Waals surface area contributed by atoms with Gasteiger partial charge in [0.2, 0.25) is 0 Å². The van der Waals surface area contributed by atoms with Crippen molar-refractivity contribution in [3.63, 3.8) is 0 Å². The van der Waals surface area contributed by atoms with Crippen LogP contribution in [-0.4, -0.2) is 53.8 Å². The van der Waals surface area contributed by atoms with Crippen LogP contribution in [0.3, 0.4) is 0 Å². The molecule has 1 saturated carbocycles. The molecule has 1 aliphatic carbocycles. The van der Waals surface area contributed by atoms with Crippen molar-refractivity contribution >= 4 is 6.09 Å². The van der Waals surface area contributed by atoms with Gasteiger partial charge in [0.25, 0.3) is 0 Å². The first kappa shape index (κ1) is 24.1. The molecule has 3 fully saturated rings. The second-order valence-electron chi connectivity index (χ2n) is 11.0. The summed E-state index contributed by atoms with van der Waals surface area (Å²) in [6, 6.07) is 14.6. The highest BCUT2D eigenvalue weighted by Crippen LogP contribution is 2.42. The molecular formula is C29H37FN2O3. The lowest BCUT2D eigenvalue weighted by atomic mass is 9.81. The molecule has 3 aliphatic rings. The van der Waals surface area contributed by atoms with Gasteiger partial charge in [-0.25, -0.2) is 9.18 Å². The Bertz CT molecular complexity index is 996. The van der Waals surface area contributed by atoms with Crippen LogP contribution in [-0.2, 0) is 17.7 Å². The average Bonchev–Trinajstić information content (AvgIpc) is 3.63. The van der Waals surface area contributed by atoms with Gasteiger partial charge in [0, 0.05) is 39.0 Å². The Balaban J connectivity index is 1.33. The first-order valence-corrected chi connectivity index (χ1v) is 13.1. The van der Waals surface area contributed by atoms with Crippen molar-refractivity contribution in [2.24, 2.45) is 11.8 Å². The molecule has 0 bridgehead atoms. The summed E-state index contributed by atoms with van der Waals surface area (Å²) >= 11 is 0. The van der Waals surface area contributed by atoms with Crippen molar-refractivity contribution in [1.29, 1.82) is 0 Å². The molecule has 0 radical (unpaired) electrons. The third-order valence-corrected chi connectivity index (χ3v) is 7.63. The number of hydrogen-bond acceptors (Lipinski definition) is 4. The quantitative estimate of drug-likeness (QED) is 0.464. The van der Waals surface area contributed by atoms with Crippen LogP contribution in [0.1, 0.15) is 50.7 Å². The smallest absolute Gasteiger partial charge is 0.411 e. The van der Waals surface area contributed by atoms with Crippen LogP contribution in [0.25, 0.3) is 0 Å². The molecule has 5 rings (SSSR count). The van der Waals surface area contributed by atoms with Gasteiger partial charge in [0.05, 0.1) is 12.6 Å². The molecule has 2 aromatic rings. The monoisotopic (exact) mass is 480 g/mol. The van der Waals surface area contributed by atoms with Crippen LogP contribution in [0.2, 0.25) is 0 Å². The van der Waals surface area contributed by atoms with E-state index in [9.17, 15) is 9.18 Å². The third kappa shape index (κ3) is 5.80. The number of carbonyl (C=O) groups is 1. The van der Waals surface area contributed by atoms with E-state index in [-0.39, 0.29) is 18.0 Å². The maximum absolute atomic E-state index is 13.6. The van der Waals surface area contributed by atoms with Gasteiger partial charge < -0.3 is 14.4 Å². The van der Waals surface area contributed by atoms with E-state index in [4.69, 9.17) is 9.47 Å². The SMILES string of the molecule is CC(C)COc1ccc(CN2C(=O)OC3(CCN(CC4CC4)CC3)C2Cc2ccc(F)cc2)cc1. The number of amides is 1. The van der Waals surface area contributed by atoms with Gasteiger partial charge in [0.1, 0.15) is 17.2 Å². The number of likely N-dealkylation sites (tertiary alicyclic amines) is 1. The summed E-state index contributed by atoms with van der Waals surface area (Å²) in [7, 11) is 0. The van der Waals surface area contributed by atoms with Crippen LogP contribution < -0.4 is 4.74 Å². The van der Waals surface area contributed by atoms with Crippen LogP contribution in [0, 0.1) is 17.7 Å². The minimum absolute atomic E-state index is 0.0830. The number of halogens is 1. The zero-order valence-corrected chi connectivity index (χ0v) is 20.9. The van der Waals surface area contributed by atoms with Crippen LogP contribution in [0.5, 0.6) is 5.75 Å². The summed E-state index contributed by atoms with van der Waals surface area (Å²) in [5.41, 5.74) is 1.58. The molecule has 1 unspecified atom stereocenters. The number of ether oxygens (including phenoxy) is 2. The van der Waals surface area contributed by atoms with Gasteiger partial charge in [-0.3, -0.25) is 4.90 Å². The third-order valence-electron chi connectivity index (χ3n) is 7.63. The first-order chi connectivity index (χ1) is 16.9. The van der Waals surface area contributed by atoms with Crippen molar-refractivity contribution in [1.82, 2.24) is 9.80 Å². The number of piperidine rings is 1. The standard InChI is InChI=1S/C29H37FN2O3/c1-21(2)20-34-26-11-7-24(8-12-26)19-32-27(17-22-5-9-25(30)10-6-22)29(35-28(32)33)13-15-31(16-14-29)18-23-3-4-23/h5-12,21,23,27H,3-4,13-20H2,1-2H3. The fourth-order valence-corrected chi connectivity index (χ4v) is 5.39. The maximum Gasteiger partial charge on any atom is 0.411 e. The van der Waals surface area contributed by atoms with E-state index in [1.54, 1.807) is 0 Å². The van der Waals surface area contributed by atoms with Crippen molar-refractivity contribution < 1.29 is 18.7 Å². The molecule has 0 N–H and O–H groups in total. The molecule has 1 spiro atoms. The maximum atomic E-state index is 13.6. The fourth-order valence-electron chi connectivity index (χ4n) is 5.39. The second kappa shape index (κ2) is 10.2. The molecule has 0 aromatic heterocycles. The first-order valence-electron chi connectivity index (χ1n) is 13.1. The van der Waals surface area contributed by atoms with Gasteiger partial charge >= 0.3 is 6.09 Å². The predicted molar refractivity (Wildman–Crippen MR) is 134 cm³/mol. The molecule has 188 valence electrons. The van der Waals surface area contributed by atoms with Gasteiger partial charge in [-0.15, -0.1) is 0 Å². The van der Waals surface area contributed by atoms with Gasteiger partial charge in [0.15, 0.2) is 0 Å². The van der Waals surface area contributed by atoms with E-state index in [0.29, 0.717) is 25.5 Å². The zero-order chi connectivity index (χ0) is 24.4. The fraction of sp³-hybridized carbons (Fsp3) is 0.552. The number of hydrogen-bond donors (Lipinski definition) is 0. The predicted octanol–water partition coefficient (Wildman–Crippen LogP) is 5.67. The summed E-state index contributed by atoms with van der Waals surface area (Å²) in [5, 5.41) is 0. The van der Waals surface area contributed by atoms with Crippen molar-refractivity contribution in [2.75, 3.05) is 26.2 Å². The highest BCUT2D eigenvalue weighted by atomic mass is 19.1. The summed E-state index contributed by atoms with van der Waals surface area (Å²) in [6.07, 6.45) is 4.79. The van der Waals surface area contributed by atoms with Crippen molar-refractivity contribution in [2.45, 2.75) is 64.1 Å². The number of carbonyl (C=O) groups excluding carboxylic acids is 1. The summed E-state index contributed by atoms with van der Waals surface area (Å²) in [4.78, 5) is 17.7. The van der Waals surface area contributed by atoms with E-state index in [0.717, 1.165) is 48.7 Å². The molecule has 2 heterocycles. The van der Waals surface area contributed by atoms with Crippen LogP contribution in [0.15, 0.2) is 48.5 Å². The Morgan fingerprint density at radius 3 is 2.31 bits per heavy atom. The summed E-state index contributed by atoms with van der Waals surface area (Å²) in [5.74, 6) is 1.92. The second-order valence-corrected chi connectivity index (χ2v) is 11.0. The van der Waals surface area contributed by atoms with Crippen molar-refractivity contribution in [3.8, 4) is 5.75 Å². The lowest BCUT2D eigenvalue weighted by Crippen LogP contribution is -2.53. The number of nitrogens with zero attached hydrogens (tertiary/aromatic N) is 2. The van der Waals surface area contributed by atoms with Gasteiger partial charge in [-0.1, -0.05) is 38.1 Å². The highest BCUT2D eigenvalue weighted by Gasteiger charge is 2.54. The normalized spacial score (nSPS) is 22.1. The lowest BCUT2D eigenvalue weighted by molar-refractivity contribution is -0.0225. The minimum atomic E-state index is -0.494. The Morgan fingerprint density at radius 1 is 1.03 bits per heavy atom. The molecular weight excluding hydrogens is 443 g/mol. The van der Waals surface area contributed by atoms with Crippen LogP contribution in [0.4, 0.5) is 9.18 Å². The largest absolute Gasteiger partial charge is 0.493 e. The van der Waals surface area contributed by atoms with Gasteiger partial charge in [-0.2, -0.15) is 0 Å². The molecule has 6 heteroatoms. The zero-order valence-electron chi connectivity index (χ0n) is 20.9. The highest BCUT2D eigenvalue weighted by molar-refractivity contribution is 5.72. The Labute approximate surface area is 208 Å². The topological polar surface area (TPSA) is 42.0 Å². The Hall–Kier alpha value is -2.60. The molecule has 2 saturated heterocycles. The molecule has 2 aromatic carbocycles. The molecule has 1 atom stereocenters. The number of benzene rings is 2.